The molecule has 76 valence electrons. The smallest absolute Gasteiger partial charge is 0.317 e. The maximum absolute atomic E-state index is 10.6. The second-order valence-corrected chi connectivity index (χ2v) is 3.30. The Kier molecular flexibility index (Phi) is 5.39. The summed E-state index contributed by atoms with van der Waals surface area (Å²) < 4.78 is 0. The van der Waals surface area contributed by atoms with Crippen molar-refractivity contribution in [1.82, 2.24) is 4.90 Å². The number of rotatable bonds is 6. The predicted molar refractivity (Wildman–Crippen MR) is 53.8 cm³/mol. The molecule has 0 aromatic heterocycles. The van der Waals surface area contributed by atoms with Gasteiger partial charge in [0, 0.05) is 12.1 Å². The molecule has 0 aliphatic rings. The normalized spacial score (nSPS) is 15.4. The highest BCUT2D eigenvalue weighted by Crippen LogP contribution is 2.08. The first-order valence-electron chi connectivity index (χ1n) is 4.63. The molecule has 3 heteroatoms. The van der Waals surface area contributed by atoms with E-state index in [4.69, 9.17) is 5.11 Å². The highest BCUT2D eigenvalue weighted by molar-refractivity contribution is 5.69. The summed E-state index contributed by atoms with van der Waals surface area (Å²) in [6.07, 6.45) is 2.72. The van der Waals surface area contributed by atoms with Crippen LogP contribution in [0.2, 0.25) is 0 Å². The van der Waals surface area contributed by atoms with Crippen LogP contribution < -0.4 is 0 Å². The summed E-state index contributed by atoms with van der Waals surface area (Å²) in [6, 6.07) is 0.398. The van der Waals surface area contributed by atoms with Crippen LogP contribution in [0.4, 0.5) is 0 Å². The molecule has 0 aromatic rings. The predicted octanol–water partition coefficient (Wildman–Crippen LogP) is 1.75. The zero-order chi connectivity index (χ0) is 10.4. The molecule has 13 heavy (non-hydrogen) atoms. The second-order valence-electron chi connectivity index (χ2n) is 3.30. The third kappa shape index (κ3) is 4.08. The summed E-state index contributed by atoms with van der Waals surface area (Å²) in [5.74, 6) is -0.783. The molecule has 0 spiro atoms. The highest BCUT2D eigenvalue weighted by atomic mass is 16.4. The minimum absolute atomic E-state index is 0.0855. The molecule has 2 unspecified atom stereocenters. The van der Waals surface area contributed by atoms with Crippen LogP contribution in [0.15, 0.2) is 12.7 Å². The molecule has 0 aliphatic carbocycles. The molecule has 0 saturated heterocycles. The molecule has 0 fully saturated rings. The average molecular weight is 185 g/mol. The van der Waals surface area contributed by atoms with Gasteiger partial charge in [0.05, 0.1) is 6.54 Å². The molecule has 0 bridgehead atoms. The molecule has 0 amide bonds. The molecule has 0 aromatic carbocycles. The maximum Gasteiger partial charge on any atom is 0.317 e. The second kappa shape index (κ2) is 5.75. The number of carbonyl (C=O) groups is 1. The van der Waals surface area contributed by atoms with Gasteiger partial charge in [-0.1, -0.05) is 13.0 Å². The van der Waals surface area contributed by atoms with Gasteiger partial charge in [0.15, 0.2) is 0 Å². The molecule has 0 radical (unpaired) electrons. The van der Waals surface area contributed by atoms with Crippen molar-refractivity contribution in [2.75, 3.05) is 6.54 Å². The molecular formula is C10H19NO2. The van der Waals surface area contributed by atoms with E-state index in [0.717, 1.165) is 6.42 Å². The van der Waals surface area contributed by atoms with Crippen molar-refractivity contribution in [2.24, 2.45) is 0 Å². The van der Waals surface area contributed by atoms with Gasteiger partial charge in [-0.2, -0.15) is 0 Å². The lowest BCUT2D eigenvalue weighted by Crippen LogP contribution is -2.42. The van der Waals surface area contributed by atoms with Crippen molar-refractivity contribution >= 4 is 5.97 Å². The minimum atomic E-state index is -0.783. The average Bonchev–Trinajstić information content (AvgIpc) is 2.11. The van der Waals surface area contributed by atoms with E-state index >= 15 is 0 Å². The summed E-state index contributed by atoms with van der Waals surface area (Å²) in [6.45, 7) is 9.80. The third-order valence-corrected chi connectivity index (χ3v) is 2.34. The third-order valence-electron chi connectivity index (χ3n) is 2.34. The molecular weight excluding hydrogens is 166 g/mol. The van der Waals surface area contributed by atoms with Gasteiger partial charge in [0.1, 0.15) is 0 Å². The Morgan fingerprint density at radius 1 is 1.62 bits per heavy atom. The molecule has 2 atom stereocenters. The lowest BCUT2D eigenvalue weighted by Gasteiger charge is -2.30. The monoisotopic (exact) mass is 185 g/mol. The van der Waals surface area contributed by atoms with Crippen LogP contribution in [-0.2, 0) is 4.79 Å². The van der Waals surface area contributed by atoms with Crippen molar-refractivity contribution in [2.45, 2.75) is 39.3 Å². The molecule has 0 heterocycles. The lowest BCUT2D eigenvalue weighted by molar-refractivity contribution is -0.139. The Morgan fingerprint density at radius 2 is 2.15 bits per heavy atom. The Morgan fingerprint density at radius 3 is 2.46 bits per heavy atom. The van der Waals surface area contributed by atoms with Gasteiger partial charge in [0.25, 0.3) is 0 Å². The molecule has 0 aliphatic heterocycles. The van der Waals surface area contributed by atoms with Crippen LogP contribution in [-0.4, -0.2) is 34.6 Å². The Balaban J connectivity index is 4.34. The van der Waals surface area contributed by atoms with Crippen LogP contribution in [0.3, 0.4) is 0 Å². The van der Waals surface area contributed by atoms with Gasteiger partial charge in [-0.3, -0.25) is 9.69 Å². The SMILES string of the molecule is C=CC(C)N(CC(=O)O)C(C)CC. The van der Waals surface area contributed by atoms with E-state index < -0.39 is 5.97 Å². The van der Waals surface area contributed by atoms with Gasteiger partial charge in [-0.25, -0.2) is 0 Å². The van der Waals surface area contributed by atoms with Gasteiger partial charge in [-0.05, 0) is 20.3 Å². The number of aliphatic carboxylic acids is 1. The highest BCUT2D eigenvalue weighted by Gasteiger charge is 2.18. The molecule has 0 rings (SSSR count). The van der Waals surface area contributed by atoms with Crippen LogP contribution in [0.5, 0.6) is 0 Å². The fraction of sp³-hybridized carbons (Fsp3) is 0.700. The van der Waals surface area contributed by atoms with E-state index in [1.165, 1.54) is 0 Å². The molecule has 1 N–H and O–H groups in total. The molecule has 0 saturated carbocycles. The lowest BCUT2D eigenvalue weighted by atomic mass is 10.1. The van der Waals surface area contributed by atoms with Crippen molar-refractivity contribution in [3.63, 3.8) is 0 Å². The Bertz CT molecular complexity index is 180. The van der Waals surface area contributed by atoms with Crippen molar-refractivity contribution < 1.29 is 9.90 Å². The number of carboxylic acids is 1. The van der Waals surface area contributed by atoms with Gasteiger partial charge >= 0.3 is 5.97 Å². The first-order chi connectivity index (χ1) is 6.02. The van der Waals surface area contributed by atoms with E-state index in [1.54, 1.807) is 6.08 Å². The number of hydrogen-bond donors (Lipinski definition) is 1. The topological polar surface area (TPSA) is 40.5 Å². The summed E-state index contributed by atoms with van der Waals surface area (Å²) in [5, 5.41) is 8.70. The molecule has 3 nitrogen and oxygen atoms in total. The van der Waals surface area contributed by atoms with Crippen molar-refractivity contribution in [1.29, 1.82) is 0 Å². The first-order valence-corrected chi connectivity index (χ1v) is 4.63. The fourth-order valence-corrected chi connectivity index (χ4v) is 1.23. The maximum atomic E-state index is 10.6. The van der Waals surface area contributed by atoms with E-state index in [-0.39, 0.29) is 18.6 Å². The van der Waals surface area contributed by atoms with Gasteiger partial charge < -0.3 is 5.11 Å². The van der Waals surface area contributed by atoms with E-state index in [9.17, 15) is 4.79 Å². The van der Waals surface area contributed by atoms with Crippen molar-refractivity contribution in [3.05, 3.63) is 12.7 Å². The van der Waals surface area contributed by atoms with E-state index in [2.05, 4.69) is 13.5 Å². The van der Waals surface area contributed by atoms with Crippen molar-refractivity contribution in [3.8, 4) is 0 Å². The fourth-order valence-electron chi connectivity index (χ4n) is 1.23. The zero-order valence-corrected chi connectivity index (χ0v) is 8.66. The largest absolute Gasteiger partial charge is 0.480 e. The number of carboxylic acid groups (broad SMARTS) is 1. The quantitative estimate of drug-likeness (QED) is 0.641. The van der Waals surface area contributed by atoms with Crippen LogP contribution >= 0.6 is 0 Å². The van der Waals surface area contributed by atoms with Gasteiger partial charge in [-0.15, -0.1) is 6.58 Å². The van der Waals surface area contributed by atoms with Crippen LogP contribution in [0.1, 0.15) is 27.2 Å². The zero-order valence-electron chi connectivity index (χ0n) is 8.66. The van der Waals surface area contributed by atoms with E-state index in [0.29, 0.717) is 0 Å². The summed E-state index contributed by atoms with van der Waals surface area (Å²) >= 11 is 0. The summed E-state index contributed by atoms with van der Waals surface area (Å²) in [5.41, 5.74) is 0. The Labute approximate surface area is 80.0 Å². The van der Waals surface area contributed by atoms with Crippen LogP contribution in [0.25, 0.3) is 0 Å². The summed E-state index contributed by atoms with van der Waals surface area (Å²) in [4.78, 5) is 12.5. The number of hydrogen-bond acceptors (Lipinski definition) is 2. The minimum Gasteiger partial charge on any atom is -0.480 e. The number of nitrogens with zero attached hydrogens (tertiary/aromatic N) is 1. The summed E-state index contributed by atoms with van der Waals surface area (Å²) in [7, 11) is 0. The van der Waals surface area contributed by atoms with Gasteiger partial charge in [0.2, 0.25) is 0 Å². The van der Waals surface area contributed by atoms with Crippen LogP contribution in [0, 0.1) is 0 Å². The standard InChI is InChI=1S/C10H19NO2/c1-5-8(3)11(7-10(12)13)9(4)6-2/h5,8-9H,1,6-7H2,2-4H3,(H,12,13). The Hall–Kier alpha value is -0.830. The van der Waals surface area contributed by atoms with E-state index in [1.807, 2.05) is 18.7 Å². The first kappa shape index (κ1) is 12.2.